The van der Waals surface area contributed by atoms with Gasteiger partial charge in [-0.25, -0.2) is 9.59 Å². The smallest absolute Gasteiger partial charge is 0.410 e. The Morgan fingerprint density at radius 3 is 2.43 bits per heavy atom. The van der Waals surface area contributed by atoms with Crippen LogP contribution in [0.5, 0.6) is 5.75 Å². The molecule has 1 aliphatic rings. The number of carbonyl (C=O) groups excluding carboxylic acids is 2. The second-order valence-corrected chi connectivity index (χ2v) is 8.05. The van der Waals surface area contributed by atoms with E-state index in [-0.39, 0.29) is 12.1 Å². The van der Waals surface area contributed by atoms with E-state index in [0.717, 1.165) is 38.0 Å². The van der Waals surface area contributed by atoms with Crippen molar-refractivity contribution in [3.8, 4) is 5.75 Å². The predicted molar refractivity (Wildman–Crippen MR) is 121 cm³/mol. The lowest BCUT2D eigenvalue weighted by atomic mass is 10.0. The Balaban J connectivity index is 1.68. The third-order valence-electron chi connectivity index (χ3n) is 5.40. The summed E-state index contributed by atoms with van der Waals surface area (Å²) in [5, 5.41) is 9.25. The standard InChI is InChI=1S/C23H38N4O3/c1-4-6-7-8-9-18(3)25-22(28)27-16-14-20(15-17-27)26-19-10-12-21(13-11-19)30-23(29)24-5-2/h10-13,18,20,26H,4-9,14-17H2,1-3H3,(H,24,29)(H,25,28). The molecule has 1 aromatic rings. The molecule has 3 N–H and O–H groups in total. The van der Waals surface area contributed by atoms with Crippen LogP contribution in [0.15, 0.2) is 24.3 Å². The summed E-state index contributed by atoms with van der Waals surface area (Å²) in [5.41, 5.74) is 0.988. The first kappa shape index (κ1) is 23.8. The molecule has 168 valence electrons. The number of hydrogen-bond acceptors (Lipinski definition) is 4. The first-order chi connectivity index (χ1) is 14.5. The Hall–Kier alpha value is -2.44. The number of amides is 3. The Morgan fingerprint density at radius 2 is 1.80 bits per heavy atom. The van der Waals surface area contributed by atoms with Crippen LogP contribution in [-0.2, 0) is 0 Å². The maximum absolute atomic E-state index is 12.5. The van der Waals surface area contributed by atoms with Crippen LogP contribution in [0.3, 0.4) is 0 Å². The van der Waals surface area contributed by atoms with Gasteiger partial charge in [0.25, 0.3) is 0 Å². The molecule has 7 heteroatoms. The maximum atomic E-state index is 12.5. The molecule has 0 aromatic heterocycles. The van der Waals surface area contributed by atoms with Gasteiger partial charge in [0.1, 0.15) is 5.75 Å². The molecule has 7 nitrogen and oxygen atoms in total. The number of ether oxygens (including phenoxy) is 1. The zero-order chi connectivity index (χ0) is 21.8. The number of hydrogen-bond donors (Lipinski definition) is 3. The van der Waals surface area contributed by atoms with Crippen LogP contribution in [0.2, 0.25) is 0 Å². The van der Waals surface area contributed by atoms with E-state index in [1.807, 2.05) is 24.0 Å². The minimum absolute atomic E-state index is 0.0586. The molecule has 0 radical (unpaired) electrons. The fourth-order valence-electron chi connectivity index (χ4n) is 3.62. The number of unbranched alkanes of at least 4 members (excludes halogenated alkanes) is 3. The first-order valence-electron chi connectivity index (χ1n) is 11.4. The van der Waals surface area contributed by atoms with Gasteiger partial charge in [0.2, 0.25) is 0 Å². The van der Waals surface area contributed by atoms with Gasteiger partial charge in [0, 0.05) is 37.4 Å². The highest BCUT2D eigenvalue weighted by molar-refractivity contribution is 5.74. The summed E-state index contributed by atoms with van der Waals surface area (Å²) in [5.74, 6) is 0.516. The van der Waals surface area contributed by atoms with Gasteiger partial charge in [0.05, 0.1) is 0 Å². The topological polar surface area (TPSA) is 82.7 Å². The molecule has 0 bridgehead atoms. The number of rotatable bonds is 10. The van der Waals surface area contributed by atoms with E-state index in [2.05, 4.69) is 29.8 Å². The van der Waals surface area contributed by atoms with Crippen LogP contribution in [0.25, 0.3) is 0 Å². The van der Waals surface area contributed by atoms with E-state index in [0.29, 0.717) is 18.3 Å². The van der Waals surface area contributed by atoms with Crippen molar-refractivity contribution >= 4 is 17.8 Å². The van der Waals surface area contributed by atoms with Crippen molar-refractivity contribution in [1.29, 1.82) is 0 Å². The van der Waals surface area contributed by atoms with Gasteiger partial charge in [-0.3, -0.25) is 0 Å². The van der Waals surface area contributed by atoms with E-state index < -0.39 is 6.09 Å². The molecule has 30 heavy (non-hydrogen) atoms. The average Bonchev–Trinajstić information content (AvgIpc) is 2.73. The second-order valence-electron chi connectivity index (χ2n) is 8.05. The SMILES string of the molecule is CCCCCCC(C)NC(=O)N1CCC(Nc2ccc(OC(=O)NCC)cc2)CC1. The van der Waals surface area contributed by atoms with Crippen molar-refractivity contribution in [2.45, 2.75) is 77.8 Å². The Bertz CT molecular complexity index is 642. The van der Waals surface area contributed by atoms with Gasteiger partial charge in [-0.2, -0.15) is 0 Å². The first-order valence-corrected chi connectivity index (χ1v) is 11.4. The molecule has 1 fully saturated rings. The Labute approximate surface area is 180 Å². The van der Waals surface area contributed by atoms with Gasteiger partial charge >= 0.3 is 12.1 Å². The minimum atomic E-state index is -0.445. The Kier molecular flexibility index (Phi) is 10.3. The zero-order valence-electron chi connectivity index (χ0n) is 18.7. The fourth-order valence-corrected chi connectivity index (χ4v) is 3.62. The summed E-state index contributed by atoms with van der Waals surface area (Å²) < 4.78 is 5.18. The fraction of sp³-hybridized carbons (Fsp3) is 0.652. The van der Waals surface area contributed by atoms with Crippen LogP contribution in [-0.4, -0.2) is 48.7 Å². The molecule has 0 spiro atoms. The largest absolute Gasteiger partial charge is 0.412 e. The maximum Gasteiger partial charge on any atom is 0.412 e. The van der Waals surface area contributed by atoms with Crippen LogP contribution in [0.1, 0.15) is 65.7 Å². The Morgan fingerprint density at radius 1 is 1.10 bits per heavy atom. The molecular formula is C23H38N4O3. The molecule has 3 amide bonds. The van der Waals surface area contributed by atoms with Crippen LogP contribution in [0, 0.1) is 0 Å². The molecule has 0 aliphatic carbocycles. The highest BCUT2D eigenvalue weighted by Gasteiger charge is 2.23. The summed E-state index contributed by atoms with van der Waals surface area (Å²) in [6, 6.07) is 8.00. The summed E-state index contributed by atoms with van der Waals surface area (Å²) in [7, 11) is 0. The van der Waals surface area contributed by atoms with Crippen molar-refractivity contribution in [2.24, 2.45) is 0 Å². The number of likely N-dealkylation sites (tertiary alicyclic amines) is 1. The summed E-state index contributed by atoms with van der Waals surface area (Å²) >= 11 is 0. The van der Waals surface area contributed by atoms with Crippen LogP contribution >= 0.6 is 0 Å². The van der Waals surface area contributed by atoms with Crippen molar-refractivity contribution in [3.63, 3.8) is 0 Å². The number of benzene rings is 1. The predicted octanol–water partition coefficient (Wildman–Crippen LogP) is 4.74. The van der Waals surface area contributed by atoms with Crippen LogP contribution < -0.4 is 20.7 Å². The molecule has 1 aromatic carbocycles. The van der Waals surface area contributed by atoms with Gasteiger partial charge in [-0.1, -0.05) is 32.6 Å². The molecule has 1 atom stereocenters. The number of piperidine rings is 1. The lowest BCUT2D eigenvalue weighted by Crippen LogP contribution is -2.49. The number of nitrogens with zero attached hydrogens (tertiary/aromatic N) is 1. The lowest BCUT2D eigenvalue weighted by molar-refractivity contribution is 0.180. The van der Waals surface area contributed by atoms with E-state index in [1.54, 1.807) is 12.1 Å². The molecule has 1 heterocycles. The highest BCUT2D eigenvalue weighted by atomic mass is 16.6. The molecule has 2 rings (SSSR count). The van der Waals surface area contributed by atoms with Gasteiger partial charge in [-0.05, 0) is 57.4 Å². The number of anilines is 1. The van der Waals surface area contributed by atoms with Crippen LogP contribution in [0.4, 0.5) is 15.3 Å². The third kappa shape index (κ3) is 8.51. The second kappa shape index (κ2) is 13.0. The van der Waals surface area contributed by atoms with Crippen molar-refractivity contribution < 1.29 is 14.3 Å². The summed E-state index contributed by atoms with van der Waals surface area (Å²) in [4.78, 5) is 25.9. The van der Waals surface area contributed by atoms with Crippen molar-refractivity contribution in [3.05, 3.63) is 24.3 Å². The number of urea groups is 1. The zero-order valence-corrected chi connectivity index (χ0v) is 18.7. The highest BCUT2D eigenvalue weighted by Crippen LogP contribution is 2.20. The quantitative estimate of drug-likeness (QED) is 0.479. The average molecular weight is 419 g/mol. The molecule has 0 saturated carbocycles. The number of carbonyl (C=O) groups is 2. The summed E-state index contributed by atoms with van der Waals surface area (Å²) in [6.45, 7) is 8.19. The molecule has 1 unspecified atom stereocenters. The van der Waals surface area contributed by atoms with Gasteiger partial charge in [-0.15, -0.1) is 0 Å². The van der Waals surface area contributed by atoms with Crippen molar-refractivity contribution in [1.82, 2.24) is 15.5 Å². The monoisotopic (exact) mass is 418 g/mol. The van der Waals surface area contributed by atoms with Crippen molar-refractivity contribution in [2.75, 3.05) is 25.0 Å². The summed E-state index contributed by atoms with van der Waals surface area (Å²) in [6.07, 6.45) is 7.35. The van der Waals surface area contributed by atoms with E-state index >= 15 is 0 Å². The van der Waals surface area contributed by atoms with E-state index in [1.165, 1.54) is 25.7 Å². The molecular weight excluding hydrogens is 380 g/mol. The normalized spacial score (nSPS) is 15.4. The number of nitrogens with one attached hydrogen (secondary N) is 3. The minimum Gasteiger partial charge on any atom is -0.410 e. The van der Waals surface area contributed by atoms with E-state index in [4.69, 9.17) is 4.74 Å². The lowest BCUT2D eigenvalue weighted by Gasteiger charge is -2.33. The van der Waals surface area contributed by atoms with Gasteiger partial charge in [0.15, 0.2) is 0 Å². The van der Waals surface area contributed by atoms with Gasteiger partial charge < -0.3 is 25.6 Å². The molecule has 1 aliphatic heterocycles. The molecule has 1 saturated heterocycles. The van der Waals surface area contributed by atoms with E-state index in [9.17, 15) is 9.59 Å². The third-order valence-corrected chi connectivity index (χ3v) is 5.40.